The number of ether oxygens (including phenoxy) is 1. The fourth-order valence-electron chi connectivity index (χ4n) is 1.90. The van der Waals surface area contributed by atoms with Gasteiger partial charge in [-0.05, 0) is 20.8 Å². The predicted octanol–water partition coefficient (Wildman–Crippen LogP) is 1.56. The van der Waals surface area contributed by atoms with E-state index in [-0.39, 0.29) is 12.1 Å². The zero-order chi connectivity index (χ0) is 13.2. The second-order valence-corrected chi connectivity index (χ2v) is 5.32. The molecule has 1 aliphatic heterocycles. The van der Waals surface area contributed by atoms with Crippen molar-refractivity contribution in [2.45, 2.75) is 32.4 Å². The molecule has 0 radical (unpaired) electrons. The normalized spacial score (nSPS) is 20.8. The number of nitrogens with one attached hydrogen (secondary N) is 1. The van der Waals surface area contributed by atoms with Gasteiger partial charge in [-0.15, -0.1) is 0 Å². The summed E-state index contributed by atoms with van der Waals surface area (Å²) >= 11 is 0. The molecule has 0 spiro atoms. The first-order valence-electron chi connectivity index (χ1n) is 6.08. The van der Waals surface area contributed by atoms with Gasteiger partial charge in [-0.1, -0.05) is 5.16 Å². The average molecular weight is 253 g/mol. The lowest BCUT2D eigenvalue weighted by Crippen LogP contribution is -2.50. The standard InChI is InChI=1S/C12H19N3O3/c1-12(2,3)18-11(16)15-6-5-13-8-10(15)9-4-7-17-14-9/h4,7,10,13H,5-6,8H2,1-3H3. The van der Waals surface area contributed by atoms with E-state index in [2.05, 4.69) is 10.5 Å². The van der Waals surface area contributed by atoms with E-state index >= 15 is 0 Å². The largest absolute Gasteiger partial charge is 0.444 e. The first kappa shape index (κ1) is 12.9. The number of carbonyl (C=O) groups excluding carboxylic acids is 1. The number of hydrogen-bond acceptors (Lipinski definition) is 5. The van der Waals surface area contributed by atoms with Crippen molar-refractivity contribution in [2.75, 3.05) is 19.6 Å². The van der Waals surface area contributed by atoms with E-state index in [4.69, 9.17) is 9.26 Å². The maximum Gasteiger partial charge on any atom is 0.410 e. The summed E-state index contributed by atoms with van der Waals surface area (Å²) in [6.45, 7) is 7.60. The van der Waals surface area contributed by atoms with Crippen LogP contribution < -0.4 is 5.32 Å². The van der Waals surface area contributed by atoms with Crippen LogP contribution >= 0.6 is 0 Å². The van der Waals surface area contributed by atoms with E-state index < -0.39 is 5.60 Å². The highest BCUT2D eigenvalue weighted by Crippen LogP contribution is 2.23. The van der Waals surface area contributed by atoms with Crippen LogP contribution in [0.2, 0.25) is 0 Å². The smallest absolute Gasteiger partial charge is 0.410 e. The van der Waals surface area contributed by atoms with Crippen molar-refractivity contribution in [3.63, 3.8) is 0 Å². The zero-order valence-corrected chi connectivity index (χ0v) is 11.0. The van der Waals surface area contributed by atoms with Crippen molar-refractivity contribution in [1.29, 1.82) is 0 Å². The van der Waals surface area contributed by atoms with Gasteiger partial charge in [0.2, 0.25) is 0 Å². The second-order valence-electron chi connectivity index (χ2n) is 5.32. The number of nitrogens with zero attached hydrogens (tertiary/aromatic N) is 2. The summed E-state index contributed by atoms with van der Waals surface area (Å²) in [5.41, 5.74) is 0.254. The van der Waals surface area contributed by atoms with Crippen molar-refractivity contribution in [3.8, 4) is 0 Å². The first-order valence-corrected chi connectivity index (χ1v) is 6.08. The molecule has 1 aromatic heterocycles. The number of hydrogen-bond donors (Lipinski definition) is 1. The molecule has 1 aromatic rings. The van der Waals surface area contributed by atoms with E-state index in [1.807, 2.05) is 20.8 Å². The molecule has 1 saturated heterocycles. The molecule has 0 saturated carbocycles. The van der Waals surface area contributed by atoms with Crippen LogP contribution in [0.3, 0.4) is 0 Å². The third-order valence-corrected chi connectivity index (χ3v) is 2.67. The van der Waals surface area contributed by atoms with Crippen LogP contribution in [0, 0.1) is 0 Å². The molecule has 1 unspecified atom stereocenters. The number of carbonyl (C=O) groups is 1. The molecule has 1 aliphatic rings. The lowest BCUT2D eigenvalue weighted by atomic mass is 10.1. The Morgan fingerprint density at radius 1 is 1.61 bits per heavy atom. The van der Waals surface area contributed by atoms with E-state index in [0.29, 0.717) is 13.1 Å². The van der Waals surface area contributed by atoms with Gasteiger partial charge in [-0.3, -0.25) is 4.90 Å². The summed E-state index contributed by atoms with van der Waals surface area (Å²) in [6, 6.07) is 1.64. The summed E-state index contributed by atoms with van der Waals surface area (Å²) in [4.78, 5) is 13.8. The monoisotopic (exact) mass is 253 g/mol. The van der Waals surface area contributed by atoms with Crippen LogP contribution in [0.4, 0.5) is 4.79 Å². The van der Waals surface area contributed by atoms with E-state index in [9.17, 15) is 4.79 Å². The fraction of sp³-hybridized carbons (Fsp3) is 0.667. The van der Waals surface area contributed by atoms with Gasteiger partial charge >= 0.3 is 6.09 Å². The Morgan fingerprint density at radius 2 is 2.39 bits per heavy atom. The molecule has 1 N–H and O–H groups in total. The molecule has 18 heavy (non-hydrogen) atoms. The predicted molar refractivity (Wildman–Crippen MR) is 65.1 cm³/mol. The van der Waals surface area contributed by atoms with Crippen LogP contribution in [0.1, 0.15) is 32.5 Å². The summed E-state index contributed by atoms with van der Waals surface area (Å²) in [6.07, 6.45) is 1.20. The molecule has 2 heterocycles. The van der Waals surface area contributed by atoms with Crippen molar-refractivity contribution < 1.29 is 14.1 Å². The van der Waals surface area contributed by atoms with Gasteiger partial charge in [0, 0.05) is 25.7 Å². The summed E-state index contributed by atoms with van der Waals surface area (Å²) < 4.78 is 10.2. The lowest BCUT2D eigenvalue weighted by Gasteiger charge is -2.36. The molecular weight excluding hydrogens is 234 g/mol. The molecule has 2 rings (SSSR count). The molecule has 1 fully saturated rings. The number of aromatic nitrogens is 1. The number of amides is 1. The molecule has 0 aliphatic carbocycles. The van der Waals surface area contributed by atoms with Crippen LogP contribution in [0.25, 0.3) is 0 Å². The third-order valence-electron chi connectivity index (χ3n) is 2.67. The van der Waals surface area contributed by atoms with E-state index in [1.54, 1.807) is 11.0 Å². The zero-order valence-electron chi connectivity index (χ0n) is 11.0. The van der Waals surface area contributed by atoms with Crippen LogP contribution in [-0.4, -0.2) is 41.4 Å². The van der Waals surface area contributed by atoms with Gasteiger partial charge in [0.1, 0.15) is 17.6 Å². The lowest BCUT2D eigenvalue weighted by molar-refractivity contribution is 0.0110. The molecule has 1 atom stereocenters. The van der Waals surface area contributed by atoms with Crippen molar-refractivity contribution in [3.05, 3.63) is 18.0 Å². The second kappa shape index (κ2) is 4.97. The molecule has 6 nitrogen and oxygen atoms in total. The molecule has 6 heteroatoms. The van der Waals surface area contributed by atoms with Gasteiger partial charge in [0.05, 0.1) is 6.04 Å². The van der Waals surface area contributed by atoms with Crippen molar-refractivity contribution in [1.82, 2.24) is 15.4 Å². The maximum atomic E-state index is 12.1. The minimum Gasteiger partial charge on any atom is -0.444 e. The Hall–Kier alpha value is -1.56. The van der Waals surface area contributed by atoms with E-state index in [1.165, 1.54) is 6.26 Å². The molecule has 1 amide bonds. The molecule has 0 bridgehead atoms. The fourth-order valence-corrected chi connectivity index (χ4v) is 1.90. The highest BCUT2D eigenvalue weighted by atomic mass is 16.6. The van der Waals surface area contributed by atoms with Gasteiger partial charge < -0.3 is 14.6 Å². The Bertz CT molecular complexity index is 397. The van der Waals surface area contributed by atoms with Gasteiger partial charge in [-0.2, -0.15) is 0 Å². The Balaban J connectivity index is 2.11. The van der Waals surface area contributed by atoms with Crippen molar-refractivity contribution in [2.24, 2.45) is 0 Å². The van der Waals surface area contributed by atoms with Gasteiger partial charge in [0.15, 0.2) is 0 Å². The van der Waals surface area contributed by atoms with E-state index in [0.717, 1.165) is 12.2 Å². The van der Waals surface area contributed by atoms with Gasteiger partial charge in [-0.25, -0.2) is 4.79 Å². The van der Waals surface area contributed by atoms with Crippen LogP contribution in [0.15, 0.2) is 16.9 Å². The Morgan fingerprint density at radius 3 is 3.00 bits per heavy atom. The van der Waals surface area contributed by atoms with Crippen LogP contribution in [-0.2, 0) is 4.74 Å². The molecule has 0 aromatic carbocycles. The summed E-state index contributed by atoms with van der Waals surface area (Å²) in [7, 11) is 0. The van der Waals surface area contributed by atoms with Crippen molar-refractivity contribution >= 4 is 6.09 Å². The molecular formula is C12H19N3O3. The van der Waals surface area contributed by atoms with Gasteiger partial charge in [0.25, 0.3) is 0 Å². The SMILES string of the molecule is CC(C)(C)OC(=O)N1CCNCC1c1ccon1. The Kier molecular flexibility index (Phi) is 3.56. The Labute approximate surface area is 106 Å². The maximum absolute atomic E-state index is 12.1. The number of rotatable bonds is 1. The highest BCUT2D eigenvalue weighted by molar-refractivity contribution is 5.69. The minimum atomic E-state index is -0.490. The molecule has 100 valence electrons. The summed E-state index contributed by atoms with van der Waals surface area (Å²) in [5, 5.41) is 7.14. The summed E-state index contributed by atoms with van der Waals surface area (Å²) in [5.74, 6) is 0. The minimum absolute atomic E-state index is 0.132. The van der Waals surface area contributed by atoms with Crippen LogP contribution in [0.5, 0.6) is 0 Å². The third kappa shape index (κ3) is 3.01. The topological polar surface area (TPSA) is 67.6 Å². The number of piperazine rings is 1. The highest BCUT2D eigenvalue weighted by Gasteiger charge is 2.32. The average Bonchev–Trinajstić information content (AvgIpc) is 2.80. The first-order chi connectivity index (χ1) is 8.47. The quantitative estimate of drug-likeness (QED) is 0.822.